The number of carbonyl (C=O) groups is 2. The first-order chi connectivity index (χ1) is 14.1. The molecule has 3 aliphatic heterocycles. The van der Waals surface area contributed by atoms with E-state index in [1.165, 1.54) is 0 Å². The maximum atomic E-state index is 12.8. The largest absolute Gasteiger partial charge is 0.356 e. The Morgan fingerprint density at radius 3 is 2.97 bits per heavy atom. The second-order valence-corrected chi connectivity index (χ2v) is 8.54. The Morgan fingerprint density at radius 1 is 1.34 bits per heavy atom. The van der Waals surface area contributed by atoms with Gasteiger partial charge in [0.05, 0.1) is 6.04 Å². The SMILES string of the molecule is CCCC(=O)NC[C@H]1[C@H]2C[C@H](CN(c3cccc(C#N)n3)C2)[C@@H]2CCCC(=O)N21. The van der Waals surface area contributed by atoms with Crippen molar-refractivity contribution in [3.05, 3.63) is 23.9 Å². The zero-order valence-corrected chi connectivity index (χ0v) is 17.0. The summed E-state index contributed by atoms with van der Waals surface area (Å²) in [5, 5.41) is 12.3. The van der Waals surface area contributed by atoms with Gasteiger partial charge in [-0.15, -0.1) is 0 Å². The van der Waals surface area contributed by atoms with Crippen molar-refractivity contribution in [1.29, 1.82) is 5.26 Å². The molecule has 0 aromatic carbocycles. The number of piperidine rings is 3. The summed E-state index contributed by atoms with van der Waals surface area (Å²) in [5.74, 6) is 1.84. The Balaban J connectivity index is 1.58. The quantitative estimate of drug-likeness (QED) is 0.824. The normalized spacial score (nSPS) is 28.5. The van der Waals surface area contributed by atoms with E-state index in [0.29, 0.717) is 36.9 Å². The molecule has 2 bridgehead atoms. The van der Waals surface area contributed by atoms with Crippen LogP contribution in [0.3, 0.4) is 0 Å². The van der Waals surface area contributed by atoms with Crippen molar-refractivity contribution in [3.8, 4) is 6.07 Å². The number of nitrogens with zero attached hydrogens (tertiary/aromatic N) is 4. The van der Waals surface area contributed by atoms with Crippen LogP contribution in [0.5, 0.6) is 0 Å². The minimum absolute atomic E-state index is 0.0341. The highest BCUT2D eigenvalue weighted by molar-refractivity contribution is 5.79. The first-order valence-electron chi connectivity index (χ1n) is 10.8. The molecule has 3 saturated heterocycles. The van der Waals surface area contributed by atoms with Gasteiger partial charge in [0.25, 0.3) is 0 Å². The van der Waals surface area contributed by atoms with E-state index in [1.54, 1.807) is 6.07 Å². The number of anilines is 1. The van der Waals surface area contributed by atoms with E-state index in [4.69, 9.17) is 0 Å². The summed E-state index contributed by atoms with van der Waals surface area (Å²) in [6.07, 6.45) is 5.01. The number of amides is 2. The van der Waals surface area contributed by atoms with Crippen LogP contribution in [0.4, 0.5) is 5.82 Å². The number of carbonyl (C=O) groups excluding carboxylic acids is 2. The molecule has 0 saturated carbocycles. The van der Waals surface area contributed by atoms with E-state index in [-0.39, 0.29) is 23.9 Å². The van der Waals surface area contributed by atoms with Crippen LogP contribution >= 0.6 is 0 Å². The van der Waals surface area contributed by atoms with Gasteiger partial charge < -0.3 is 15.1 Å². The second-order valence-electron chi connectivity index (χ2n) is 8.54. The molecule has 1 aromatic heterocycles. The third-order valence-corrected chi connectivity index (χ3v) is 6.66. The Labute approximate surface area is 172 Å². The monoisotopic (exact) mass is 395 g/mol. The molecule has 1 aromatic rings. The van der Waals surface area contributed by atoms with Crippen molar-refractivity contribution in [1.82, 2.24) is 15.2 Å². The number of hydrogen-bond donors (Lipinski definition) is 1. The first-order valence-corrected chi connectivity index (χ1v) is 10.8. The molecule has 7 heteroatoms. The van der Waals surface area contributed by atoms with Crippen LogP contribution < -0.4 is 10.2 Å². The fourth-order valence-electron chi connectivity index (χ4n) is 5.42. The standard InChI is InChI=1S/C22H29N5O2/c1-2-5-21(28)24-12-19-16-10-15(18-7-4-9-22(29)27(18)19)13-26(14-16)20-8-3-6-17(11-23)25-20/h3,6,8,15-16,18-19H,2,4-5,7,9-10,12-14H2,1H3,(H,24,28)/t15-,16+,18+,19+/m1/s1. The number of pyridine rings is 1. The van der Waals surface area contributed by atoms with Crippen LogP contribution in [-0.4, -0.2) is 53.4 Å². The van der Waals surface area contributed by atoms with Gasteiger partial charge in [0.2, 0.25) is 11.8 Å². The van der Waals surface area contributed by atoms with E-state index < -0.39 is 0 Å². The molecule has 0 unspecified atom stereocenters. The molecule has 4 rings (SSSR count). The molecular formula is C22H29N5O2. The number of fused-ring (bicyclic) bond motifs is 4. The molecule has 0 spiro atoms. The number of nitriles is 1. The van der Waals surface area contributed by atoms with Gasteiger partial charge in [0, 0.05) is 38.5 Å². The van der Waals surface area contributed by atoms with Crippen molar-refractivity contribution in [2.24, 2.45) is 11.8 Å². The van der Waals surface area contributed by atoms with Crippen LogP contribution in [0.25, 0.3) is 0 Å². The maximum absolute atomic E-state index is 12.8. The zero-order chi connectivity index (χ0) is 20.4. The highest BCUT2D eigenvalue weighted by Crippen LogP contribution is 2.42. The third kappa shape index (κ3) is 3.93. The Morgan fingerprint density at radius 2 is 2.17 bits per heavy atom. The van der Waals surface area contributed by atoms with Gasteiger partial charge in [-0.25, -0.2) is 4.98 Å². The van der Waals surface area contributed by atoms with Gasteiger partial charge in [-0.3, -0.25) is 9.59 Å². The second kappa shape index (κ2) is 8.40. The van der Waals surface area contributed by atoms with Crippen molar-refractivity contribution < 1.29 is 9.59 Å². The minimum atomic E-state index is 0.0341. The molecule has 3 fully saturated rings. The maximum Gasteiger partial charge on any atom is 0.223 e. The molecule has 4 heterocycles. The van der Waals surface area contributed by atoms with Crippen LogP contribution in [0, 0.1) is 23.2 Å². The fraction of sp³-hybridized carbons (Fsp3) is 0.636. The van der Waals surface area contributed by atoms with Gasteiger partial charge in [-0.1, -0.05) is 13.0 Å². The predicted octanol–water partition coefficient (Wildman–Crippen LogP) is 2.08. The van der Waals surface area contributed by atoms with Crippen LogP contribution in [0.1, 0.15) is 51.1 Å². The lowest BCUT2D eigenvalue weighted by Gasteiger charge is -2.56. The molecule has 2 amide bonds. The molecule has 154 valence electrons. The number of hydrogen-bond acceptors (Lipinski definition) is 5. The molecular weight excluding hydrogens is 366 g/mol. The number of aromatic nitrogens is 1. The van der Waals surface area contributed by atoms with Crippen LogP contribution in [0.2, 0.25) is 0 Å². The van der Waals surface area contributed by atoms with Crippen LogP contribution in [0.15, 0.2) is 18.2 Å². The van der Waals surface area contributed by atoms with E-state index in [1.807, 2.05) is 19.1 Å². The van der Waals surface area contributed by atoms with Gasteiger partial charge in [0.1, 0.15) is 17.6 Å². The van der Waals surface area contributed by atoms with E-state index in [9.17, 15) is 14.9 Å². The average Bonchev–Trinajstić information content (AvgIpc) is 2.74. The Hall–Kier alpha value is -2.62. The van der Waals surface area contributed by atoms with Crippen molar-refractivity contribution in [2.45, 2.75) is 57.5 Å². The molecule has 1 N–H and O–H groups in total. The van der Waals surface area contributed by atoms with Crippen molar-refractivity contribution >= 4 is 17.6 Å². The summed E-state index contributed by atoms with van der Waals surface area (Å²) in [5.41, 5.74) is 0.427. The zero-order valence-electron chi connectivity index (χ0n) is 17.0. The minimum Gasteiger partial charge on any atom is -0.356 e. The lowest BCUT2D eigenvalue weighted by Crippen LogP contribution is -2.67. The molecule has 3 aliphatic rings. The molecule has 0 aliphatic carbocycles. The molecule has 0 radical (unpaired) electrons. The van der Waals surface area contributed by atoms with E-state index >= 15 is 0 Å². The lowest BCUT2D eigenvalue weighted by molar-refractivity contribution is -0.149. The number of nitrogens with one attached hydrogen (secondary N) is 1. The summed E-state index contributed by atoms with van der Waals surface area (Å²) in [4.78, 5) is 33.8. The summed E-state index contributed by atoms with van der Waals surface area (Å²) in [6.45, 7) is 4.18. The average molecular weight is 396 g/mol. The number of rotatable bonds is 5. The molecule has 4 atom stereocenters. The topological polar surface area (TPSA) is 89.3 Å². The third-order valence-electron chi connectivity index (χ3n) is 6.66. The van der Waals surface area contributed by atoms with Crippen molar-refractivity contribution in [2.75, 3.05) is 24.5 Å². The summed E-state index contributed by atoms with van der Waals surface area (Å²) in [6, 6.07) is 7.96. The van der Waals surface area contributed by atoms with E-state index in [0.717, 1.165) is 44.6 Å². The van der Waals surface area contributed by atoms with Gasteiger partial charge in [0.15, 0.2) is 0 Å². The smallest absolute Gasteiger partial charge is 0.223 e. The van der Waals surface area contributed by atoms with Gasteiger partial charge in [-0.2, -0.15) is 5.26 Å². The highest BCUT2D eigenvalue weighted by atomic mass is 16.2. The molecule has 29 heavy (non-hydrogen) atoms. The fourth-order valence-corrected chi connectivity index (χ4v) is 5.42. The summed E-state index contributed by atoms with van der Waals surface area (Å²) in [7, 11) is 0. The van der Waals surface area contributed by atoms with Gasteiger partial charge >= 0.3 is 0 Å². The highest BCUT2D eigenvalue weighted by Gasteiger charge is 2.49. The Bertz CT molecular complexity index is 820. The molecule has 7 nitrogen and oxygen atoms in total. The lowest BCUT2D eigenvalue weighted by atomic mass is 9.72. The Kier molecular flexibility index (Phi) is 5.70. The summed E-state index contributed by atoms with van der Waals surface area (Å²) >= 11 is 0. The van der Waals surface area contributed by atoms with Crippen LogP contribution in [-0.2, 0) is 9.59 Å². The van der Waals surface area contributed by atoms with E-state index in [2.05, 4.69) is 26.2 Å². The van der Waals surface area contributed by atoms with Crippen molar-refractivity contribution in [3.63, 3.8) is 0 Å². The van der Waals surface area contributed by atoms with Gasteiger partial charge in [-0.05, 0) is 49.7 Å². The first kappa shape index (κ1) is 19.7. The summed E-state index contributed by atoms with van der Waals surface area (Å²) < 4.78 is 0. The predicted molar refractivity (Wildman–Crippen MR) is 109 cm³/mol.